The van der Waals surface area contributed by atoms with Crippen molar-refractivity contribution in [3.8, 4) is 0 Å². The van der Waals surface area contributed by atoms with Crippen LogP contribution >= 0.6 is 11.9 Å². The summed E-state index contributed by atoms with van der Waals surface area (Å²) in [5.74, 6) is -0.666. The lowest BCUT2D eigenvalue weighted by Gasteiger charge is -2.09. The quantitative estimate of drug-likeness (QED) is 0.267. The molecule has 17 heavy (non-hydrogen) atoms. The summed E-state index contributed by atoms with van der Waals surface area (Å²) in [6, 6.07) is 5.96. The molecule has 0 bridgehead atoms. The predicted octanol–water partition coefficient (Wildman–Crippen LogP) is 1.58. The molecule has 2 rings (SSSR count). The largest absolute Gasteiger partial charge is 0.428 e. The Labute approximate surface area is 99.6 Å². The van der Waals surface area contributed by atoms with E-state index in [4.69, 9.17) is 0 Å². The van der Waals surface area contributed by atoms with Crippen LogP contribution in [0.1, 0.15) is 0 Å². The highest BCUT2D eigenvalue weighted by molar-refractivity contribution is 7.97. The van der Waals surface area contributed by atoms with Crippen molar-refractivity contribution in [1.82, 2.24) is 4.31 Å². The van der Waals surface area contributed by atoms with E-state index in [9.17, 15) is 19.7 Å². The Bertz CT molecular complexity index is 504. The molecule has 1 aliphatic heterocycles. The van der Waals surface area contributed by atoms with Gasteiger partial charge in [0.1, 0.15) is 11.4 Å². The van der Waals surface area contributed by atoms with E-state index >= 15 is 0 Å². The molecule has 0 N–H and O–H groups in total. The summed E-state index contributed by atoms with van der Waals surface area (Å²) >= 11 is 0.814. The Morgan fingerprint density at radius 3 is 2.65 bits per heavy atom. The molecule has 1 aromatic carbocycles. The second-order valence-electron chi connectivity index (χ2n) is 3.09. The van der Waals surface area contributed by atoms with Gasteiger partial charge in [-0.15, -0.1) is 0 Å². The molecular formula is C9H6N2O5S. The second kappa shape index (κ2) is 4.42. The number of carbonyl (C=O) groups excluding carboxylic acids is 2. The molecule has 0 aromatic heterocycles. The number of amides is 1. The van der Waals surface area contributed by atoms with Gasteiger partial charge in [0.25, 0.3) is 5.69 Å². The van der Waals surface area contributed by atoms with Crippen LogP contribution in [0.25, 0.3) is 0 Å². The molecule has 0 spiro atoms. The molecule has 1 amide bonds. The van der Waals surface area contributed by atoms with Gasteiger partial charge in [0.15, 0.2) is 0 Å². The number of hydrogen-bond donors (Lipinski definition) is 0. The molecular weight excluding hydrogens is 248 g/mol. The number of nitrogens with zero attached hydrogens (tertiary/aromatic N) is 2. The number of nitro groups is 1. The molecule has 0 atom stereocenters. The van der Waals surface area contributed by atoms with E-state index in [0.717, 1.165) is 16.3 Å². The highest BCUT2D eigenvalue weighted by Crippen LogP contribution is 2.32. The average Bonchev–Trinajstić information content (AvgIpc) is 2.58. The van der Waals surface area contributed by atoms with Gasteiger partial charge in [-0.25, -0.2) is 13.9 Å². The van der Waals surface area contributed by atoms with Crippen LogP contribution < -0.4 is 0 Å². The summed E-state index contributed by atoms with van der Waals surface area (Å²) in [6.45, 7) is -0.213. The van der Waals surface area contributed by atoms with Crippen molar-refractivity contribution in [3.63, 3.8) is 0 Å². The third-order valence-electron chi connectivity index (χ3n) is 1.95. The molecule has 0 aliphatic carbocycles. The lowest BCUT2D eigenvalue weighted by molar-refractivity contribution is -0.387. The Morgan fingerprint density at radius 2 is 2.06 bits per heavy atom. The summed E-state index contributed by atoms with van der Waals surface area (Å²) in [5, 5.41) is 10.7. The van der Waals surface area contributed by atoms with E-state index in [1.165, 1.54) is 18.2 Å². The van der Waals surface area contributed by atoms with E-state index in [0.29, 0.717) is 0 Å². The van der Waals surface area contributed by atoms with Crippen LogP contribution in [0.15, 0.2) is 29.2 Å². The zero-order valence-corrected chi connectivity index (χ0v) is 9.18. The van der Waals surface area contributed by atoms with Crippen LogP contribution in [0.2, 0.25) is 0 Å². The van der Waals surface area contributed by atoms with Crippen molar-refractivity contribution < 1.29 is 19.2 Å². The number of para-hydroxylation sites is 1. The van der Waals surface area contributed by atoms with Crippen LogP contribution in [0.5, 0.6) is 0 Å². The average molecular weight is 254 g/mol. The van der Waals surface area contributed by atoms with Crippen LogP contribution in [0, 0.1) is 10.1 Å². The van der Waals surface area contributed by atoms with E-state index in [1.807, 2.05) is 0 Å². The Morgan fingerprint density at radius 1 is 1.35 bits per heavy atom. The van der Waals surface area contributed by atoms with E-state index in [-0.39, 0.29) is 17.1 Å². The van der Waals surface area contributed by atoms with E-state index in [2.05, 4.69) is 4.74 Å². The van der Waals surface area contributed by atoms with Crippen molar-refractivity contribution >= 4 is 29.7 Å². The normalized spacial score (nSPS) is 14.9. The number of benzene rings is 1. The van der Waals surface area contributed by atoms with E-state index in [1.54, 1.807) is 6.07 Å². The smallest absolute Gasteiger partial charge is 0.374 e. The molecule has 0 radical (unpaired) electrons. The van der Waals surface area contributed by atoms with Crippen LogP contribution in [0.3, 0.4) is 0 Å². The topological polar surface area (TPSA) is 89.8 Å². The van der Waals surface area contributed by atoms with Crippen molar-refractivity contribution in [2.75, 3.05) is 6.54 Å². The molecule has 0 unspecified atom stereocenters. The van der Waals surface area contributed by atoms with Crippen LogP contribution in [-0.4, -0.2) is 27.8 Å². The number of esters is 1. The number of carbonyl (C=O) groups is 2. The number of hydrogen-bond acceptors (Lipinski definition) is 6. The first kappa shape index (κ1) is 11.4. The molecule has 1 aliphatic rings. The third-order valence-corrected chi connectivity index (χ3v) is 2.99. The van der Waals surface area contributed by atoms with Crippen molar-refractivity contribution in [2.45, 2.75) is 4.90 Å². The number of nitro benzene ring substituents is 1. The summed E-state index contributed by atoms with van der Waals surface area (Å²) in [4.78, 5) is 32.5. The Hall–Kier alpha value is -2.09. The van der Waals surface area contributed by atoms with Gasteiger partial charge in [0, 0.05) is 18.0 Å². The fraction of sp³-hybridized carbons (Fsp3) is 0.111. The summed E-state index contributed by atoms with van der Waals surface area (Å²) in [6.07, 6.45) is -0.807. The van der Waals surface area contributed by atoms with Gasteiger partial charge >= 0.3 is 12.1 Å². The van der Waals surface area contributed by atoms with Crippen LogP contribution in [-0.2, 0) is 9.53 Å². The van der Waals surface area contributed by atoms with Crippen LogP contribution in [0.4, 0.5) is 10.5 Å². The molecule has 1 fully saturated rings. The minimum atomic E-state index is -0.807. The highest BCUT2D eigenvalue weighted by atomic mass is 32.2. The number of ether oxygens (including phenoxy) is 1. The standard InChI is InChI=1S/C9H6N2O5S/c12-8-5-10(9(13)16-8)17-7-4-2-1-3-6(7)11(14)15/h1-4H,5H2. The predicted molar refractivity (Wildman–Crippen MR) is 57.1 cm³/mol. The van der Waals surface area contributed by atoms with Gasteiger partial charge in [0.05, 0.1) is 4.92 Å². The fourth-order valence-electron chi connectivity index (χ4n) is 1.24. The molecule has 1 saturated heterocycles. The number of rotatable bonds is 3. The lowest BCUT2D eigenvalue weighted by Crippen LogP contribution is -2.15. The zero-order chi connectivity index (χ0) is 12.4. The maximum absolute atomic E-state index is 11.2. The van der Waals surface area contributed by atoms with Gasteiger partial charge in [-0.1, -0.05) is 12.1 Å². The monoisotopic (exact) mass is 254 g/mol. The maximum Gasteiger partial charge on any atom is 0.428 e. The van der Waals surface area contributed by atoms with E-state index < -0.39 is 17.0 Å². The molecule has 7 nitrogen and oxygen atoms in total. The highest BCUT2D eigenvalue weighted by Gasteiger charge is 2.32. The zero-order valence-electron chi connectivity index (χ0n) is 8.36. The summed E-state index contributed by atoms with van der Waals surface area (Å²) < 4.78 is 5.34. The second-order valence-corrected chi connectivity index (χ2v) is 4.16. The van der Waals surface area contributed by atoms with Gasteiger partial charge < -0.3 is 4.74 Å². The Kier molecular flexibility index (Phi) is 2.96. The summed E-state index contributed by atoms with van der Waals surface area (Å²) in [7, 11) is 0. The van der Waals surface area contributed by atoms with Gasteiger partial charge in [-0.3, -0.25) is 10.1 Å². The van der Waals surface area contributed by atoms with Gasteiger partial charge in [0.2, 0.25) is 0 Å². The minimum Gasteiger partial charge on any atom is -0.374 e. The van der Waals surface area contributed by atoms with Gasteiger partial charge in [-0.05, 0) is 6.07 Å². The van der Waals surface area contributed by atoms with Crippen molar-refractivity contribution in [3.05, 3.63) is 34.4 Å². The molecule has 0 saturated carbocycles. The molecule has 1 heterocycles. The minimum absolute atomic E-state index is 0.121. The Balaban J connectivity index is 2.22. The number of cyclic esters (lactones) is 2. The SMILES string of the molecule is O=C1CN(Sc2ccccc2[N+](=O)[O-])C(=O)O1. The first-order valence-electron chi connectivity index (χ1n) is 4.51. The fourth-order valence-corrected chi connectivity index (χ4v) is 2.13. The third kappa shape index (κ3) is 2.36. The summed E-state index contributed by atoms with van der Waals surface area (Å²) in [5.41, 5.74) is -0.121. The molecule has 88 valence electrons. The maximum atomic E-state index is 11.2. The lowest BCUT2D eigenvalue weighted by atomic mass is 10.3. The molecule has 1 aromatic rings. The van der Waals surface area contributed by atoms with Gasteiger partial charge in [-0.2, -0.15) is 0 Å². The molecule has 8 heteroatoms. The van der Waals surface area contributed by atoms with Crippen molar-refractivity contribution in [1.29, 1.82) is 0 Å². The first-order valence-corrected chi connectivity index (χ1v) is 5.29. The van der Waals surface area contributed by atoms with Crippen molar-refractivity contribution in [2.24, 2.45) is 0 Å². The first-order chi connectivity index (χ1) is 8.08.